The van der Waals surface area contributed by atoms with Crippen LogP contribution in [0.2, 0.25) is 0 Å². The number of fused-ring (bicyclic) bond motifs is 1. The van der Waals surface area contributed by atoms with E-state index in [4.69, 9.17) is 5.73 Å². The molecule has 0 bridgehead atoms. The molecule has 3 heteroatoms. The molecule has 1 aromatic heterocycles. The monoisotopic (exact) mass is 269 g/mol. The highest BCUT2D eigenvalue weighted by Gasteiger charge is 2.20. The van der Waals surface area contributed by atoms with Gasteiger partial charge in [0.15, 0.2) is 0 Å². The summed E-state index contributed by atoms with van der Waals surface area (Å²) >= 11 is 0. The van der Waals surface area contributed by atoms with Crippen molar-refractivity contribution >= 4 is 22.3 Å². The Bertz CT molecular complexity index is 586. The first-order valence-corrected chi connectivity index (χ1v) is 7.63. The molecule has 3 rings (SSSR count). The van der Waals surface area contributed by atoms with Gasteiger partial charge in [0.2, 0.25) is 0 Å². The Morgan fingerprint density at radius 2 is 1.80 bits per heavy atom. The fourth-order valence-electron chi connectivity index (χ4n) is 3.36. The maximum absolute atomic E-state index is 6.23. The molecule has 0 amide bonds. The van der Waals surface area contributed by atoms with Gasteiger partial charge in [-0.2, -0.15) is 0 Å². The van der Waals surface area contributed by atoms with Gasteiger partial charge in [-0.05, 0) is 18.9 Å². The zero-order chi connectivity index (χ0) is 13.9. The number of nitrogens with two attached hydrogens (primary N) is 1. The number of rotatable bonds is 2. The SMILES string of the molecule is CN(c1c(N)cnc2ccccc12)C1CCCCCC1. The van der Waals surface area contributed by atoms with Crippen LogP contribution in [0.1, 0.15) is 38.5 Å². The molecule has 0 radical (unpaired) electrons. The van der Waals surface area contributed by atoms with Crippen LogP contribution >= 0.6 is 0 Å². The van der Waals surface area contributed by atoms with Gasteiger partial charge in [-0.1, -0.05) is 43.9 Å². The van der Waals surface area contributed by atoms with E-state index in [0.29, 0.717) is 6.04 Å². The number of nitrogen functional groups attached to an aromatic ring is 1. The molecule has 1 aliphatic rings. The van der Waals surface area contributed by atoms with Crippen molar-refractivity contribution in [3.8, 4) is 0 Å². The van der Waals surface area contributed by atoms with Gasteiger partial charge in [-0.15, -0.1) is 0 Å². The van der Waals surface area contributed by atoms with Crippen LogP contribution in [0, 0.1) is 0 Å². The average Bonchev–Trinajstić information content (AvgIpc) is 2.75. The third-order valence-corrected chi connectivity index (χ3v) is 4.50. The second kappa shape index (κ2) is 5.70. The summed E-state index contributed by atoms with van der Waals surface area (Å²) in [5, 5.41) is 1.17. The topological polar surface area (TPSA) is 42.1 Å². The second-order valence-corrected chi connectivity index (χ2v) is 5.84. The lowest BCUT2D eigenvalue weighted by molar-refractivity contribution is 0.554. The molecule has 2 N–H and O–H groups in total. The fraction of sp³-hybridized carbons (Fsp3) is 0.471. The summed E-state index contributed by atoms with van der Waals surface area (Å²) in [6.07, 6.45) is 9.74. The van der Waals surface area contributed by atoms with E-state index in [1.165, 1.54) is 43.9 Å². The second-order valence-electron chi connectivity index (χ2n) is 5.84. The number of para-hydroxylation sites is 1. The molecule has 1 saturated carbocycles. The molecular formula is C17H23N3. The number of aromatic nitrogens is 1. The normalized spacial score (nSPS) is 17.1. The average molecular weight is 269 g/mol. The molecule has 0 saturated heterocycles. The van der Waals surface area contributed by atoms with Crippen LogP contribution in [0.4, 0.5) is 11.4 Å². The van der Waals surface area contributed by atoms with Gasteiger partial charge in [0.05, 0.1) is 23.1 Å². The molecule has 106 valence electrons. The van der Waals surface area contributed by atoms with Crippen molar-refractivity contribution in [3.05, 3.63) is 30.5 Å². The molecule has 20 heavy (non-hydrogen) atoms. The van der Waals surface area contributed by atoms with Crippen molar-refractivity contribution in [2.75, 3.05) is 17.7 Å². The lowest BCUT2D eigenvalue weighted by atomic mass is 10.0. The lowest BCUT2D eigenvalue weighted by Crippen LogP contribution is -2.31. The third-order valence-electron chi connectivity index (χ3n) is 4.50. The van der Waals surface area contributed by atoms with E-state index in [-0.39, 0.29) is 0 Å². The third kappa shape index (κ3) is 2.45. The summed E-state index contributed by atoms with van der Waals surface area (Å²) in [4.78, 5) is 6.83. The molecule has 0 spiro atoms. The van der Waals surface area contributed by atoms with Gasteiger partial charge < -0.3 is 10.6 Å². The number of benzene rings is 1. The molecule has 3 nitrogen and oxygen atoms in total. The largest absolute Gasteiger partial charge is 0.396 e. The van der Waals surface area contributed by atoms with Crippen molar-refractivity contribution in [1.29, 1.82) is 0 Å². The van der Waals surface area contributed by atoms with Crippen LogP contribution < -0.4 is 10.6 Å². The molecular weight excluding hydrogens is 246 g/mol. The van der Waals surface area contributed by atoms with E-state index < -0.39 is 0 Å². The van der Waals surface area contributed by atoms with E-state index in [9.17, 15) is 0 Å². The van der Waals surface area contributed by atoms with Crippen molar-refractivity contribution in [3.63, 3.8) is 0 Å². The highest BCUT2D eigenvalue weighted by molar-refractivity contribution is 5.97. The fourth-order valence-corrected chi connectivity index (χ4v) is 3.36. The van der Waals surface area contributed by atoms with Gasteiger partial charge in [-0.3, -0.25) is 4.98 Å². The van der Waals surface area contributed by atoms with Gasteiger partial charge in [-0.25, -0.2) is 0 Å². The summed E-state index contributed by atoms with van der Waals surface area (Å²) in [6, 6.07) is 8.88. The summed E-state index contributed by atoms with van der Waals surface area (Å²) < 4.78 is 0. The van der Waals surface area contributed by atoms with E-state index in [1.807, 2.05) is 6.07 Å². The Labute approximate surface area is 120 Å². The number of hydrogen-bond donors (Lipinski definition) is 1. The van der Waals surface area contributed by atoms with Crippen molar-refractivity contribution in [2.24, 2.45) is 0 Å². The van der Waals surface area contributed by atoms with Crippen molar-refractivity contribution in [2.45, 2.75) is 44.6 Å². The molecule has 0 atom stereocenters. The van der Waals surface area contributed by atoms with E-state index >= 15 is 0 Å². The molecule has 0 aliphatic heterocycles. The summed E-state index contributed by atoms with van der Waals surface area (Å²) in [6.45, 7) is 0. The Balaban J connectivity index is 2.01. The Morgan fingerprint density at radius 3 is 2.55 bits per heavy atom. The standard InChI is InChI=1S/C17H23N3/c1-20(13-8-4-2-3-5-9-13)17-14-10-6-7-11-16(14)19-12-15(17)18/h6-7,10-13H,2-5,8-9,18H2,1H3. The molecule has 0 unspecified atom stereocenters. The van der Waals surface area contributed by atoms with Crippen molar-refractivity contribution < 1.29 is 0 Å². The maximum Gasteiger partial charge on any atom is 0.0745 e. The number of hydrogen-bond acceptors (Lipinski definition) is 3. The zero-order valence-electron chi connectivity index (χ0n) is 12.2. The minimum atomic E-state index is 0.602. The molecule has 2 aromatic rings. The van der Waals surface area contributed by atoms with Crippen LogP contribution in [0.25, 0.3) is 10.9 Å². The summed E-state index contributed by atoms with van der Waals surface area (Å²) in [5.41, 5.74) is 9.20. The number of anilines is 2. The number of nitrogens with zero attached hydrogens (tertiary/aromatic N) is 2. The van der Waals surface area contributed by atoms with Gasteiger partial charge in [0.1, 0.15) is 0 Å². The van der Waals surface area contributed by atoms with Gasteiger partial charge in [0, 0.05) is 18.5 Å². The first-order chi connectivity index (χ1) is 9.77. The Morgan fingerprint density at radius 1 is 1.10 bits per heavy atom. The predicted octanol–water partition coefficient (Wildman–Crippen LogP) is 3.98. The van der Waals surface area contributed by atoms with Crippen molar-refractivity contribution in [1.82, 2.24) is 4.98 Å². The van der Waals surface area contributed by atoms with Gasteiger partial charge in [0.25, 0.3) is 0 Å². The maximum atomic E-state index is 6.23. The van der Waals surface area contributed by atoms with Gasteiger partial charge >= 0.3 is 0 Å². The first kappa shape index (κ1) is 13.2. The van der Waals surface area contributed by atoms with E-state index in [2.05, 4.69) is 35.1 Å². The zero-order valence-corrected chi connectivity index (χ0v) is 12.2. The Hall–Kier alpha value is -1.77. The smallest absolute Gasteiger partial charge is 0.0745 e. The van der Waals surface area contributed by atoms with Crippen LogP contribution in [-0.4, -0.2) is 18.1 Å². The highest BCUT2D eigenvalue weighted by atomic mass is 15.1. The first-order valence-electron chi connectivity index (χ1n) is 7.63. The Kier molecular flexibility index (Phi) is 3.77. The molecule has 1 aromatic carbocycles. The van der Waals surface area contributed by atoms with Crippen LogP contribution in [0.3, 0.4) is 0 Å². The van der Waals surface area contributed by atoms with Crippen LogP contribution in [0.5, 0.6) is 0 Å². The summed E-state index contributed by atoms with van der Waals surface area (Å²) in [7, 11) is 2.19. The number of pyridine rings is 1. The lowest BCUT2D eigenvalue weighted by Gasteiger charge is -2.31. The van der Waals surface area contributed by atoms with E-state index in [0.717, 1.165) is 16.9 Å². The van der Waals surface area contributed by atoms with Crippen LogP contribution in [0.15, 0.2) is 30.5 Å². The van der Waals surface area contributed by atoms with Crippen LogP contribution in [-0.2, 0) is 0 Å². The predicted molar refractivity (Wildman–Crippen MR) is 86.0 cm³/mol. The summed E-state index contributed by atoms with van der Waals surface area (Å²) in [5.74, 6) is 0. The minimum Gasteiger partial charge on any atom is -0.396 e. The van der Waals surface area contributed by atoms with E-state index in [1.54, 1.807) is 6.20 Å². The quantitative estimate of drug-likeness (QED) is 0.839. The minimum absolute atomic E-state index is 0.602. The molecule has 1 heterocycles. The highest BCUT2D eigenvalue weighted by Crippen LogP contribution is 2.34. The molecule has 1 fully saturated rings. The molecule has 1 aliphatic carbocycles.